The third kappa shape index (κ3) is 2.51. The molecule has 19 heavy (non-hydrogen) atoms. The summed E-state index contributed by atoms with van der Waals surface area (Å²) >= 11 is 0. The van der Waals surface area contributed by atoms with Gasteiger partial charge in [-0.2, -0.15) is 0 Å². The molecule has 0 aliphatic heterocycles. The van der Waals surface area contributed by atoms with E-state index < -0.39 is 0 Å². The Labute approximate surface area is 112 Å². The summed E-state index contributed by atoms with van der Waals surface area (Å²) in [5.74, 6) is 0.0999. The molecule has 1 aliphatic rings. The van der Waals surface area contributed by atoms with Crippen molar-refractivity contribution in [2.75, 3.05) is 0 Å². The van der Waals surface area contributed by atoms with Crippen molar-refractivity contribution in [2.45, 2.75) is 31.2 Å². The van der Waals surface area contributed by atoms with Crippen molar-refractivity contribution in [3.8, 4) is 0 Å². The van der Waals surface area contributed by atoms with Crippen LogP contribution in [0.15, 0.2) is 42.7 Å². The monoisotopic (exact) mass is 256 g/mol. The molecule has 0 spiro atoms. The maximum absolute atomic E-state index is 13.3. The molecule has 3 heteroatoms. The smallest absolute Gasteiger partial charge is 0.123 e. The number of rotatable bonds is 2. The van der Waals surface area contributed by atoms with Crippen LogP contribution in [0, 0.1) is 5.82 Å². The van der Waals surface area contributed by atoms with E-state index in [4.69, 9.17) is 5.73 Å². The summed E-state index contributed by atoms with van der Waals surface area (Å²) in [7, 11) is 0. The highest BCUT2D eigenvalue weighted by Crippen LogP contribution is 2.33. The van der Waals surface area contributed by atoms with E-state index in [0.29, 0.717) is 0 Å². The minimum Gasteiger partial charge on any atom is -0.327 e. The predicted molar refractivity (Wildman–Crippen MR) is 73.4 cm³/mol. The fraction of sp³-hybridized carbons (Fsp3) is 0.312. The van der Waals surface area contributed by atoms with E-state index in [1.807, 2.05) is 18.3 Å². The molecule has 1 aromatic heterocycles. The first kappa shape index (κ1) is 12.3. The van der Waals surface area contributed by atoms with E-state index in [1.54, 1.807) is 12.3 Å². The molecule has 2 nitrogen and oxygen atoms in total. The molecule has 1 aliphatic carbocycles. The Bertz CT molecular complexity index is 568. The Balaban J connectivity index is 1.93. The summed E-state index contributed by atoms with van der Waals surface area (Å²) < 4.78 is 13.3. The molecule has 0 unspecified atom stereocenters. The number of hydrogen-bond acceptors (Lipinski definition) is 2. The minimum absolute atomic E-state index is 0.137. The van der Waals surface area contributed by atoms with Crippen LogP contribution in [0.4, 0.5) is 4.39 Å². The zero-order valence-corrected chi connectivity index (χ0v) is 10.7. The number of pyridine rings is 1. The first-order valence-corrected chi connectivity index (χ1v) is 6.67. The molecule has 2 atom stereocenters. The van der Waals surface area contributed by atoms with Crippen LogP contribution in [0.3, 0.4) is 0 Å². The van der Waals surface area contributed by atoms with Crippen molar-refractivity contribution in [2.24, 2.45) is 5.73 Å². The maximum Gasteiger partial charge on any atom is 0.123 e. The van der Waals surface area contributed by atoms with E-state index in [9.17, 15) is 4.39 Å². The first-order chi connectivity index (χ1) is 9.24. The van der Waals surface area contributed by atoms with Crippen LogP contribution >= 0.6 is 0 Å². The highest BCUT2D eigenvalue weighted by atomic mass is 19.1. The van der Waals surface area contributed by atoms with Crippen LogP contribution in [0.1, 0.15) is 29.0 Å². The van der Waals surface area contributed by atoms with E-state index in [0.717, 1.165) is 24.8 Å². The molecule has 0 saturated heterocycles. The van der Waals surface area contributed by atoms with Gasteiger partial charge in [0.1, 0.15) is 5.82 Å². The number of halogens is 1. The summed E-state index contributed by atoms with van der Waals surface area (Å²) in [4.78, 5) is 4.14. The average molecular weight is 256 g/mol. The van der Waals surface area contributed by atoms with Gasteiger partial charge < -0.3 is 5.73 Å². The minimum atomic E-state index is -0.158. The molecular weight excluding hydrogens is 239 g/mol. The Morgan fingerprint density at radius 1 is 1.32 bits per heavy atom. The molecule has 0 amide bonds. The quantitative estimate of drug-likeness (QED) is 0.897. The van der Waals surface area contributed by atoms with Gasteiger partial charge in [-0.15, -0.1) is 0 Å². The SMILES string of the molecule is N[C@@H]1CCc2cc(F)ccc2[C@@H]1Cc1cccnc1. The number of hydrogen-bond donors (Lipinski definition) is 1. The van der Waals surface area contributed by atoms with E-state index in [-0.39, 0.29) is 17.8 Å². The van der Waals surface area contributed by atoms with Crippen molar-refractivity contribution in [1.82, 2.24) is 4.98 Å². The lowest BCUT2D eigenvalue weighted by Crippen LogP contribution is -2.34. The van der Waals surface area contributed by atoms with E-state index in [1.165, 1.54) is 17.2 Å². The maximum atomic E-state index is 13.3. The molecule has 0 saturated carbocycles. The van der Waals surface area contributed by atoms with Crippen molar-refractivity contribution in [3.63, 3.8) is 0 Å². The lowest BCUT2D eigenvalue weighted by Gasteiger charge is -2.31. The number of aryl methyl sites for hydroxylation is 1. The summed E-state index contributed by atoms with van der Waals surface area (Å²) in [6.07, 6.45) is 6.31. The molecular formula is C16H17FN2. The second-order valence-electron chi connectivity index (χ2n) is 5.22. The molecule has 2 aromatic rings. The Morgan fingerprint density at radius 2 is 2.21 bits per heavy atom. The third-order valence-corrected chi connectivity index (χ3v) is 3.95. The summed E-state index contributed by atoms with van der Waals surface area (Å²) in [5.41, 5.74) is 9.75. The van der Waals surface area contributed by atoms with Crippen molar-refractivity contribution in [3.05, 3.63) is 65.2 Å². The van der Waals surface area contributed by atoms with E-state index in [2.05, 4.69) is 11.1 Å². The van der Waals surface area contributed by atoms with Gasteiger partial charge >= 0.3 is 0 Å². The number of fused-ring (bicyclic) bond motifs is 1. The topological polar surface area (TPSA) is 38.9 Å². The van der Waals surface area contributed by atoms with Gasteiger partial charge in [0.15, 0.2) is 0 Å². The van der Waals surface area contributed by atoms with Crippen molar-refractivity contribution >= 4 is 0 Å². The van der Waals surface area contributed by atoms with Gasteiger partial charge in [0.05, 0.1) is 0 Å². The van der Waals surface area contributed by atoms with Crippen LogP contribution in [-0.2, 0) is 12.8 Å². The average Bonchev–Trinajstić information content (AvgIpc) is 2.43. The normalized spacial score (nSPS) is 22.0. The predicted octanol–water partition coefficient (Wildman–Crippen LogP) is 2.82. The summed E-state index contributed by atoms with van der Waals surface area (Å²) in [6.45, 7) is 0. The number of aromatic nitrogens is 1. The van der Waals surface area contributed by atoms with Gasteiger partial charge in [0, 0.05) is 24.4 Å². The van der Waals surface area contributed by atoms with Crippen LogP contribution in [-0.4, -0.2) is 11.0 Å². The van der Waals surface area contributed by atoms with Gasteiger partial charge in [-0.1, -0.05) is 12.1 Å². The Morgan fingerprint density at radius 3 is 3.00 bits per heavy atom. The Kier molecular flexibility index (Phi) is 3.30. The fourth-order valence-electron chi connectivity index (χ4n) is 2.94. The van der Waals surface area contributed by atoms with Gasteiger partial charge in [-0.3, -0.25) is 4.98 Å². The van der Waals surface area contributed by atoms with Crippen LogP contribution in [0.2, 0.25) is 0 Å². The van der Waals surface area contributed by atoms with Crippen molar-refractivity contribution < 1.29 is 4.39 Å². The van der Waals surface area contributed by atoms with E-state index >= 15 is 0 Å². The zero-order valence-electron chi connectivity index (χ0n) is 10.7. The molecule has 0 bridgehead atoms. The summed E-state index contributed by atoms with van der Waals surface area (Å²) in [6, 6.07) is 9.22. The second kappa shape index (κ2) is 5.10. The lowest BCUT2D eigenvalue weighted by molar-refractivity contribution is 0.464. The molecule has 3 rings (SSSR count). The molecule has 0 radical (unpaired) electrons. The number of nitrogens with two attached hydrogens (primary N) is 1. The summed E-state index contributed by atoms with van der Waals surface area (Å²) in [5, 5.41) is 0. The van der Waals surface area contributed by atoms with Gasteiger partial charge in [-0.25, -0.2) is 4.39 Å². The highest BCUT2D eigenvalue weighted by molar-refractivity contribution is 5.36. The number of nitrogens with zero attached hydrogens (tertiary/aromatic N) is 1. The molecule has 0 fully saturated rings. The van der Waals surface area contributed by atoms with Gasteiger partial charge in [0.2, 0.25) is 0 Å². The zero-order chi connectivity index (χ0) is 13.2. The third-order valence-electron chi connectivity index (χ3n) is 3.95. The van der Waals surface area contributed by atoms with Gasteiger partial charge in [-0.05, 0) is 54.2 Å². The Hall–Kier alpha value is -1.74. The molecule has 1 aromatic carbocycles. The lowest BCUT2D eigenvalue weighted by atomic mass is 9.77. The van der Waals surface area contributed by atoms with Crippen molar-refractivity contribution in [1.29, 1.82) is 0 Å². The largest absolute Gasteiger partial charge is 0.327 e. The second-order valence-corrected chi connectivity index (χ2v) is 5.22. The van der Waals surface area contributed by atoms with Gasteiger partial charge in [0.25, 0.3) is 0 Å². The molecule has 98 valence electrons. The van der Waals surface area contributed by atoms with Crippen LogP contribution in [0.5, 0.6) is 0 Å². The fourth-order valence-corrected chi connectivity index (χ4v) is 2.94. The first-order valence-electron chi connectivity index (χ1n) is 6.67. The molecule has 1 heterocycles. The number of benzene rings is 1. The molecule has 2 N–H and O–H groups in total. The highest BCUT2D eigenvalue weighted by Gasteiger charge is 2.27. The standard InChI is InChI=1S/C16H17FN2/c17-13-4-5-14-12(9-13)3-6-16(18)15(14)8-11-2-1-7-19-10-11/h1-2,4-5,7,9-10,15-16H,3,6,8,18H2/t15-,16+/m0/s1. The van der Waals surface area contributed by atoms with Crippen LogP contribution in [0.25, 0.3) is 0 Å². The van der Waals surface area contributed by atoms with Crippen LogP contribution < -0.4 is 5.73 Å².